The molecular formula is C17H21NO2S. The predicted octanol–water partition coefficient (Wildman–Crippen LogP) is 3.67. The molecule has 0 spiro atoms. The number of anilines is 1. The lowest BCUT2D eigenvalue weighted by atomic mass is 10.1. The number of rotatable bonds is 5. The summed E-state index contributed by atoms with van der Waals surface area (Å²) in [6, 6.07) is 7.71. The Morgan fingerprint density at radius 2 is 1.95 bits per heavy atom. The summed E-state index contributed by atoms with van der Waals surface area (Å²) >= 11 is 1.75. The van der Waals surface area contributed by atoms with E-state index < -0.39 is 0 Å². The van der Waals surface area contributed by atoms with Crippen molar-refractivity contribution in [2.75, 3.05) is 25.1 Å². The molecule has 0 radical (unpaired) electrons. The van der Waals surface area contributed by atoms with E-state index in [1.54, 1.807) is 17.4 Å². The van der Waals surface area contributed by atoms with Crippen molar-refractivity contribution < 1.29 is 10.2 Å². The van der Waals surface area contributed by atoms with Crippen LogP contribution in [0.5, 0.6) is 5.75 Å². The summed E-state index contributed by atoms with van der Waals surface area (Å²) in [5.41, 5.74) is 2.98. The predicted molar refractivity (Wildman–Crippen MR) is 91.2 cm³/mol. The molecule has 2 aromatic rings. The van der Waals surface area contributed by atoms with E-state index in [0.717, 1.165) is 11.3 Å². The van der Waals surface area contributed by atoms with Crippen molar-refractivity contribution in [3.8, 4) is 5.75 Å². The molecule has 1 aromatic heterocycles. The Kier molecular flexibility index (Phi) is 5.04. The van der Waals surface area contributed by atoms with Gasteiger partial charge in [-0.25, -0.2) is 0 Å². The van der Waals surface area contributed by atoms with Crippen molar-refractivity contribution in [3.05, 3.63) is 45.1 Å². The van der Waals surface area contributed by atoms with Gasteiger partial charge in [0.05, 0.1) is 6.61 Å². The minimum Gasteiger partial charge on any atom is -0.507 e. The Labute approximate surface area is 129 Å². The Balaban J connectivity index is 2.17. The van der Waals surface area contributed by atoms with Crippen LogP contribution in [0.25, 0.3) is 12.2 Å². The van der Waals surface area contributed by atoms with Gasteiger partial charge in [-0.05, 0) is 49.8 Å². The van der Waals surface area contributed by atoms with Gasteiger partial charge in [0.1, 0.15) is 5.75 Å². The number of likely N-dealkylation sites (N-methyl/N-ethyl adjacent to an activating group) is 1. The molecule has 1 heterocycles. The highest BCUT2D eigenvalue weighted by Crippen LogP contribution is 2.27. The molecule has 0 fully saturated rings. The quantitative estimate of drug-likeness (QED) is 0.886. The first kappa shape index (κ1) is 15.6. The Bertz CT molecular complexity index is 627. The van der Waals surface area contributed by atoms with Crippen LogP contribution >= 0.6 is 11.3 Å². The van der Waals surface area contributed by atoms with Gasteiger partial charge in [-0.2, -0.15) is 0 Å². The average Bonchev–Trinajstić information content (AvgIpc) is 2.76. The van der Waals surface area contributed by atoms with E-state index in [1.807, 2.05) is 36.2 Å². The highest BCUT2D eigenvalue weighted by Gasteiger charge is 2.04. The van der Waals surface area contributed by atoms with Gasteiger partial charge in [0, 0.05) is 40.7 Å². The van der Waals surface area contributed by atoms with Crippen LogP contribution in [-0.4, -0.2) is 30.4 Å². The molecular weight excluding hydrogens is 282 g/mol. The number of aliphatic hydroxyl groups excluding tert-OH is 1. The van der Waals surface area contributed by atoms with Crippen molar-refractivity contribution in [3.63, 3.8) is 0 Å². The van der Waals surface area contributed by atoms with Crippen molar-refractivity contribution in [1.82, 2.24) is 0 Å². The first-order valence-corrected chi connectivity index (χ1v) is 7.73. The maximum Gasteiger partial charge on any atom is 0.124 e. The van der Waals surface area contributed by atoms with Crippen molar-refractivity contribution >= 4 is 29.2 Å². The maximum atomic E-state index is 10.1. The van der Waals surface area contributed by atoms with Gasteiger partial charge in [0.2, 0.25) is 0 Å². The third-order valence-electron chi connectivity index (χ3n) is 3.50. The maximum absolute atomic E-state index is 10.1. The van der Waals surface area contributed by atoms with Gasteiger partial charge in [-0.3, -0.25) is 0 Å². The second-order valence-corrected chi connectivity index (χ2v) is 6.40. The smallest absolute Gasteiger partial charge is 0.124 e. The molecule has 0 amide bonds. The van der Waals surface area contributed by atoms with Crippen molar-refractivity contribution in [2.24, 2.45) is 0 Å². The van der Waals surface area contributed by atoms with E-state index in [4.69, 9.17) is 5.11 Å². The molecule has 112 valence electrons. The summed E-state index contributed by atoms with van der Waals surface area (Å²) in [7, 11) is 1.89. The molecule has 0 aliphatic rings. The number of phenols is 1. The number of hydrogen-bond donors (Lipinski definition) is 2. The van der Waals surface area contributed by atoms with Crippen LogP contribution < -0.4 is 4.90 Å². The van der Waals surface area contributed by atoms with E-state index in [1.165, 1.54) is 15.3 Å². The first-order chi connectivity index (χ1) is 10.0. The fraction of sp³-hybridized carbons (Fsp3) is 0.294. The lowest BCUT2D eigenvalue weighted by Crippen LogP contribution is -2.20. The van der Waals surface area contributed by atoms with Crippen LogP contribution in [0.1, 0.15) is 20.9 Å². The first-order valence-electron chi connectivity index (χ1n) is 6.91. The molecule has 21 heavy (non-hydrogen) atoms. The minimum absolute atomic E-state index is 0.0933. The van der Waals surface area contributed by atoms with Crippen LogP contribution in [0.15, 0.2) is 24.3 Å². The van der Waals surface area contributed by atoms with E-state index in [2.05, 4.69) is 19.9 Å². The van der Waals surface area contributed by atoms with E-state index in [-0.39, 0.29) is 12.4 Å². The lowest BCUT2D eigenvalue weighted by Gasteiger charge is -2.18. The highest BCUT2D eigenvalue weighted by molar-refractivity contribution is 7.13. The highest BCUT2D eigenvalue weighted by atomic mass is 32.1. The van der Waals surface area contributed by atoms with Gasteiger partial charge in [-0.1, -0.05) is 0 Å². The second kappa shape index (κ2) is 6.78. The molecule has 0 aliphatic heterocycles. The second-order valence-electron chi connectivity index (χ2n) is 5.11. The normalized spacial score (nSPS) is 11.2. The summed E-state index contributed by atoms with van der Waals surface area (Å²) in [5.74, 6) is 0.249. The molecule has 0 unspecified atom stereocenters. The molecule has 2 N–H and O–H groups in total. The number of hydrogen-bond acceptors (Lipinski definition) is 4. The Morgan fingerprint density at radius 1 is 1.19 bits per heavy atom. The molecule has 0 saturated carbocycles. The Morgan fingerprint density at radius 3 is 2.52 bits per heavy atom. The molecule has 4 heteroatoms. The third kappa shape index (κ3) is 3.86. The largest absolute Gasteiger partial charge is 0.507 e. The van der Waals surface area contributed by atoms with E-state index in [0.29, 0.717) is 6.54 Å². The summed E-state index contributed by atoms with van der Waals surface area (Å²) < 4.78 is 0. The molecule has 0 aliphatic carbocycles. The van der Waals surface area contributed by atoms with Gasteiger partial charge in [0.25, 0.3) is 0 Å². The summed E-state index contributed by atoms with van der Waals surface area (Å²) in [4.78, 5) is 4.41. The summed E-state index contributed by atoms with van der Waals surface area (Å²) in [6.45, 7) is 4.85. The van der Waals surface area contributed by atoms with Gasteiger partial charge in [0.15, 0.2) is 0 Å². The van der Waals surface area contributed by atoms with Gasteiger partial charge in [-0.15, -0.1) is 11.3 Å². The lowest BCUT2D eigenvalue weighted by molar-refractivity contribution is 0.304. The fourth-order valence-electron chi connectivity index (χ4n) is 2.05. The molecule has 1 aromatic carbocycles. The van der Waals surface area contributed by atoms with Crippen molar-refractivity contribution in [1.29, 1.82) is 0 Å². The molecule has 0 atom stereocenters. The SMILES string of the molecule is Cc1cc(/C=C/c2ccc(N(C)CCO)cc2O)sc1C. The number of aryl methyl sites for hydroxylation is 2. The fourth-order valence-corrected chi connectivity index (χ4v) is 2.99. The zero-order valence-electron chi connectivity index (χ0n) is 12.6. The molecule has 2 rings (SSSR count). The zero-order chi connectivity index (χ0) is 15.4. The standard InChI is InChI=1S/C17H21NO2S/c1-12-10-16(21-13(12)2)7-5-14-4-6-15(11-17(14)20)18(3)8-9-19/h4-7,10-11,19-20H,8-9H2,1-3H3/b7-5+. The van der Waals surface area contributed by atoms with Crippen LogP contribution in [0.4, 0.5) is 5.69 Å². The topological polar surface area (TPSA) is 43.7 Å². The van der Waals surface area contributed by atoms with E-state index >= 15 is 0 Å². The number of phenolic OH excluding ortho intramolecular Hbond substituents is 1. The molecule has 0 saturated heterocycles. The van der Waals surface area contributed by atoms with Gasteiger partial charge < -0.3 is 15.1 Å². The van der Waals surface area contributed by atoms with E-state index in [9.17, 15) is 5.11 Å². The molecule has 3 nitrogen and oxygen atoms in total. The number of aromatic hydroxyl groups is 1. The zero-order valence-corrected chi connectivity index (χ0v) is 13.4. The number of benzene rings is 1. The van der Waals surface area contributed by atoms with Crippen LogP contribution in [0, 0.1) is 13.8 Å². The summed E-state index contributed by atoms with van der Waals surface area (Å²) in [5, 5.41) is 19.1. The van der Waals surface area contributed by atoms with Crippen LogP contribution in [0.3, 0.4) is 0 Å². The van der Waals surface area contributed by atoms with Crippen LogP contribution in [-0.2, 0) is 0 Å². The Hall–Kier alpha value is -1.78. The minimum atomic E-state index is 0.0933. The number of aliphatic hydroxyl groups is 1. The number of nitrogens with zero attached hydrogens (tertiary/aromatic N) is 1. The third-order valence-corrected chi connectivity index (χ3v) is 4.62. The summed E-state index contributed by atoms with van der Waals surface area (Å²) in [6.07, 6.45) is 3.95. The van der Waals surface area contributed by atoms with Gasteiger partial charge >= 0.3 is 0 Å². The van der Waals surface area contributed by atoms with Crippen molar-refractivity contribution in [2.45, 2.75) is 13.8 Å². The average molecular weight is 303 g/mol. The monoisotopic (exact) mass is 303 g/mol. The van der Waals surface area contributed by atoms with Crippen LogP contribution in [0.2, 0.25) is 0 Å². The number of thiophene rings is 1. The molecule has 0 bridgehead atoms.